The van der Waals surface area contributed by atoms with Crippen molar-refractivity contribution in [1.29, 1.82) is 0 Å². The maximum absolute atomic E-state index is 14.0. The zero-order valence-electron chi connectivity index (χ0n) is 19.7. The van der Waals surface area contributed by atoms with Crippen LogP contribution in [0.15, 0.2) is 83.8 Å². The highest BCUT2D eigenvalue weighted by atomic mass is 35.5. The van der Waals surface area contributed by atoms with E-state index in [1.807, 2.05) is 0 Å². The van der Waals surface area contributed by atoms with Crippen LogP contribution in [0.4, 0.5) is 25.8 Å². The summed E-state index contributed by atoms with van der Waals surface area (Å²) in [5.41, 5.74) is 1.68. The lowest BCUT2D eigenvalue weighted by atomic mass is 9.98. The first-order valence-corrected chi connectivity index (χ1v) is 12.8. The van der Waals surface area contributed by atoms with Crippen molar-refractivity contribution in [3.05, 3.63) is 112 Å². The zero-order chi connectivity index (χ0) is 26.7. The fraction of sp³-hybridized carbons (Fsp3) is 0.0741. The number of benzene rings is 4. The SMILES string of the molecule is COc1ccc(S(=O)(=O)Nc2ccc(C)c(C(=O)c3ccc(Nc4ccc(F)cc4F)cc3Cl)c2)cc1. The maximum atomic E-state index is 14.0. The van der Waals surface area contributed by atoms with Gasteiger partial charge in [-0.05, 0) is 79.2 Å². The lowest BCUT2D eigenvalue weighted by Gasteiger charge is -2.13. The summed E-state index contributed by atoms with van der Waals surface area (Å²) in [4.78, 5) is 13.3. The second-order valence-corrected chi connectivity index (χ2v) is 10.2. The van der Waals surface area contributed by atoms with Crippen molar-refractivity contribution in [2.24, 2.45) is 0 Å². The van der Waals surface area contributed by atoms with Crippen LogP contribution >= 0.6 is 11.6 Å². The summed E-state index contributed by atoms with van der Waals surface area (Å²) >= 11 is 6.37. The van der Waals surface area contributed by atoms with E-state index in [4.69, 9.17) is 16.3 Å². The Morgan fingerprint density at radius 3 is 2.22 bits per heavy atom. The molecule has 0 unspecified atom stereocenters. The van der Waals surface area contributed by atoms with Gasteiger partial charge in [0.1, 0.15) is 17.4 Å². The summed E-state index contributed by atoms with van der Waals surface area (Å²) in [6, 6.07) is 18.1. The van der Waals surface area contributed by atoms with Gasteiger partial charge in [0.05, 0.1) is 22.7 Å². The fourth-order valence-corrected chi connectivity index (χ4v) is 4.88. The molecule has 0 fully saturated rings. The van der Waals surface area contributed by atoms with Crippen molar-refractivity contribution in [3.8, 4) is 5.75 Å². The van der Waals surface area contributed by atoms with Crippen LogP contribution in [0.5, 0.6) is 5.75 Å². The normalized spacial score (nSPS) is 11.2. The molecule has 0 spiro atoms. The number of carbonyl (C=O) groups is 1. The van der Waals surface area contributed by atoms with E-state index in [0.29, 0.717) is 17.0 Å². The molecule has 0 saturated carbocycles. The molecule has 4 rings (SSSR count). The van der Waals surface area contributed by atoms with E-state index in [9.17, 15) is 22.0 Å². The van der Waals surface area contributed by atoms with Crippen molar-refractivity contribution in [1.82, 2.24) is 0 Å². The van der Waals surface area contributed by atoms with Gasteiger partial charge in [0.15, 0.2) is 5.78 Å². The van der Waals surface area contributed by atoms with E-state index < -0.39 is 27.4 Å². The molecule has 4 aromatic rings. The number of sulfonamides is 1. The quantitative estimate of drug-likeness (QED) is 0.242. The van der Waals surface area contributed by atoms with E-state index in [2.05, 4.69) is 10.0 Å². The van der Waals surface area contributed by atoms with Crippen molar-refractivity contribution in [3.63, 3.8) is 0 Å². The number of anilines is 3. The molecule has 37 heavy (non-hydrogen) atoms. The van der Waals surface area contributed by atoms with E-state index >= 15 is 0 Å². The molecule has 4 aromatic carbocycles. The highest BCUT2D eigenvalue weighted by Gasteiger charge is 2.19. The number of rotatable bonds is 8. The first-order chi connectivity index (χ1) is 17.6. The number of hydrogen-bond acceptors (Lipinski definition) is 5. The molecule has 0 amide bonds. The van der Waals surface area contributed by atoms with Gasteiger partial charge in [0, 0.05) is 28.6 Å². The smallest absolute Gasteiger partial charge is 0.261 e. The monoisotopic (exact) mass is 542 g/mol. The predicted molar refractivity (Wildman–Crippen MR) is 140 cm³/mol. The van der Waals surface area contributed by atoms with Crippen LogP contribution in [0.1, 0.15) is 21.5 Å². The molecule has 0 saturated heterocycles. The van der Waals surface area contributed by atoms with Gasteiger partial charge in [-0.1, -0.05) is 17.7 Å². The number of ketones is 1. The van der Waals surface area contributed by atoms with Crippen LogP contribution < -0.4 is 14.8 Å². The number of hydrogen-bond donors (Lipinski definition) is 2. The Hall–Kier alpha value is -3.95. The van der Waals surface area contributed by atoms with Gasteiger partial charge in [-0.15, -0.1) is 0 Å². The largest absolute Gasteiger partial charge is 0.497 e. The van der Waals surface area contributed by atoms with Crippen LogP contribution in [0.2, 0.25) is 5.02 Å². The van der Waals surface area contributed by atoms with Crippen molar-refractivity contribution >= 4 is 44.5 Å². The standard InChI is InChI=1S/C27H21ClF2N2O4S/c1-16-3-5-19(32-37(34,35)21-9-7-20(36-2)8-10-21)14-23(16)27(33)22-11-6-18(15-24(22)28)31-26-12-4-17(29)13-25(26)30/h3-15,31-32H,1-2H3. The molecule has 0 aromatic heterocycles. The molecule has 0 radical (unpaired) electrons. The van der Waals surface area contributed by atoms with Crippen LogP contribution in [0.3, 0.4) is 0 Å². The minimum atomic E-state index is -3.91. The number of ether oxygens (including phenoxy) is 1. The summed E-state index contributed by atoms with van der Waals surface area (Å²) in [5.74, 6) is -1.39. The first-order valence-electron chi connectivity index (χ1n) is 10.9. The summed E-state index contributed by atoms with van der Waals surface area (Å²) in [5, 5.41) is 2.89. The number of aryl methyl sites for hydroxylation is 1. The molecular weight excluding hydrogens is 522 g/mol. The Morgan fingerprint density at radius 1 is 0.865 bits per heavy atom. The zero-order valence-corrected chi connectivity index (χ0v) is 21.3. The van der Waals surface area contributed by atoms with E-state index in [1.165, 1.54) is 61.7 Å². The molecule has 0 heterocycles. The second-order valence-electron chi connectivity index (χ2n) is 8.08. The third-order valence-corrected chi connectivity index (χ3v) is 7.24. The van der Waals surface area contributed by atoms with Crippen LogP contribution in [-0.2, 0) is 10.0 Å². The highest BCUT2D eigenvalue weighted by Crippen LogP contribution is 2.29. The van der Waals surface area contributed by atoms with Gasteiger partial charge in [0.2, 0.25) is 0 Å². The van der Waals surface area contributed by atoms with E-state index in [1.54, 1.807) is 19.1 Å². The molecular formula is C27H21ClF2N2O4S. The lowest BCUT2D eigenvalue weighted by Crippen LogP contribution is -2.14. The average Bonchev–Trinajstić information content (AvgIpc) is 2.86. The fourth-order valence-electron chi connectivity index (χ4n) is 3.57. The summed E-state index contributed by atoms with van der Waals surface area (Å²) in [7, 11) is -2.43. The summed E-state index contributed by atoms with van der Waals surface area (Å²) < 4.78 is 60.3. The Bertz CT molecular complexity index is 1590. The molecule has 0 aliphatic rings. The Balaban J connectivity index is 1.57. The third-order valence-electron chi connectivity index (χ3n) is 5.53. The number of carbonyl (C=O) groups excluding carboxylic acids is 1. The number of halogens is 3. The minimum Gasteiger partial charge on any atom is -0.497 e. The van der Waals surface area contributed by atoms with Crippen LogP contribution in [0, 0.1) is 18.6 Å². The van der Waals surface area contributed by atoms with Crippen molar-refractivity contribution in [2.75, 3.05) is 17.1 Å². The van der Waals surface area contributed by atoms with Gasteiger partial charge in [0.25, 0.3) is 10.0 Å². The van der Waals surface area contributed by atoms with Gasteiger partial charge < -0.3 is 10.1 Å². The second kappa shape index (κ2) is 10.6. The van der Waals surface area contributed by atoms with E-state index in [0.717, 1.165) is 12.1 Å². The molecule has 2 N–H and O–H groups in total. The Morgan fingerprint density at radius 2 is 1.57 bits per heavy atom. The van der Waals surface area contributed by atoms with Crippen LogP contribution in [-0.4, -0.2) is 21.3 Å². The van der Waals surface area contributed by atoms with Gasteiger partial charge in [-0.25, -0.2) is 17.2 Å². The summed E-state index contributed by atoms with van der Waals surface area (Å²) in [6.45, 7) is 1.72. The van der Waals surface area contributed by atoms with Crippen molar-refractivity contribution in [2.45, 2.75) is 11.8 Å². The van der Waals surface area contributed by atoms with Gasteiger partial charge >= 0.3 is 0 Å². The van der Waals surface area contributed by atoms with Gasteiger partial charge in [-0.3, -0.25) is 9.52 Å². The molecule has 0 aliphatic heterocycles. The molecule has 6 nitrogen and oxygen atoms in total. The summed E-state index contributed by atoms with van der Waals surface area (Å²) in [6.07, 6.45) is 0. The Labute approximate surface area is 217 Å². The van der Waals surface area contributed by atoms with Crippen molar-refractivity contribution < 1.29 is 26.7 Å². The van der Waals surface area contributed by atoms with E-state index in [-0.39, 0.29) is 32.4 Å². The molecule has 0 aliphatic carbocycles. The number of methoxy groups -OCH3 is 1. The topological polar surface area (TPSA) is 84.5 Å². The Kier molecular flexibility index (Phi) is 7.47. The maximum Gasteiger partial charge on any atom is 0.261 e. The molecule has 0 atom stereocenters. The predicted octanol–water partition coefficient (Wildman–Crippen LogP) is 6.71. The lowest BCUT2D eigenvalue weighted by molar-refractivity contribution is 0.103. The third kappa shape index (κ3) is 5.90. The average molecular weight is 543 g/mol. The van der Waals surface area contributed by atoms with Crippen LogP contribution in [0.25, 0.3) is 0 Å². The first kappa shape index (κ1) is 26.1. The number of nitrogens with one attached hydrogen (secondary N) is 2. The molecule has 10 heteroatoms. The molecule has 190 valence electrons. The minimum absolute atomic E-state index is 0.0328. The molecule has 0 bridgehead atoms. The highest BCUT2D eigenvalue weighted by molar-refractivity contribution is 7.92. The van der Waals surface area contributed by atoms with Gasteiger partial charge in [-0.2, -0.15) is 0 Å².